The van der Waals surface area contributed by atoms with Crippen LogP contribution in [0.3, 0.4) is 0 Å². The van der Waals surface area contributed by atoms with E-state index in [9.17, 15) is 4.79 Å². The molecule has 2 aromatic heterocycles. The molecular formula is C24H21N3O2S. The number of nitrogens with one attached hydrogen (secondary N) is 1. The van der Waals surface area contributed by atoms with Crippen LogP contribution in [0.4, 0.5) is 0 Å². The van der Waals surface area contributed by atoms with Crippen molar-refractivity contribution in [3.8, 4) is 27.4 Å². The largest absolute Gasteiger partial charge is 0.497 e. The fraction of sp³-hybridized carbons (Fsp3) is 0.125. The molecule has 5 nitrogen and oxygen atoms in total. The SMILES string of the molecule is COc1ccc(-c2nc(CNC(=O)c3ccccc3C)sc2-c2cccnc2)cc1. The van der Waals surface area contributed by atoms with E-state index in [1.54, 1.807) is 24.6 Å². The van der Waals surface area contributed by atoms with E-state index in [2.05, 4.69) is 10.3 Å². The van der Waals surface area contributed by atoms with E-state index < -0.39 is 0 Å². The first kappa shape index (κ1) is 19.8. The van der Waals surface area contributed by atoms with Crippen molar-refractivity contribution in [2.24, 2.45) is 0 Å². The van der Waals surface area contributed by atoms with Crippen LogP contribution >= 0.6 is 11.3 Å². The molecule has 0 spiro atoms. The Hall–Kier alpha value is -3.51. The number of thiazole rings is 1. The van der Waals surface area contributed by atoms with Crippen molar-refractivity contribution in [1.82, 2.24) is 15.3 Å². The lowest BCUT2D eigenvalue weighted by atomic mass is 10.1. The molecule has 0 bridgehead atoms. The first-order valence-corrected chi connectivity index (χ1v) is 10.4. The van der Waals surface area contributed by atoms with Crippen molar-refractivity contribution in [1.29, 1.82) is 0 Å². The van der Waals surface area contributed by atoms with Gasteiger partial charge in [0.2, 0.25) is 0 Å². The highest BCUT2D eigenvalue weighted by Gasteiger charge is 2.16. The number of nitrogens with zero attached hydrogens (tertiary/aromatic N) is 2. The zero-order chi connectivity index (χ0) is 20.9. The summed E-state index contributed by atoms with van der Waals surface area (Å²) < 4.78 is 5.27. The van der Waals surface area contributed by atoms with Gasteiger partial charge in [0.25, 0.3) is 5.91 Å². The summed E-state index contributed by atoms with van der Waals surface area (Å²) in [5.74, 6) is 0.694. The lowest BCUT2D eigenvalue weighted by Gasteiger charge is -2.05. The van der Waals surface area contributed by atoms with E-state index in [0.717, 1.165) is 38.0 Å². The summed E-state index contributed by atoms with van der Waals surface area (Å²) in [5.41, 5.74) is 4.48. The van der Waals surface area contributed by atoms with Crippen molar-refractivity contribution in [3.05, 3.63) is 89.2 Å². The number of carbonyl (C=O) groups is 1. The summed E-state index contributed by atoms with van der Waals surface area (Å²) in [6, 6.07) is 19.3. The molecule has 0 atom stereocenters. The first-order valence-electron chi connectivity index (χ1n) is 9.54. The van der Waals surface area contributed by atoms with E-state index >= 15 is 0 Å². The molecule has 2 aromatic carbocycles. The van der Waals surface area contributed by atoms with Crippen LogP contribution in [0.25, 0.3) is 21.7 Å². The Bertz CT molecular complexity index is 1150. The van der Waals surface area contributed by atoms with E-state index in [-0.39, 0.29) is 5.91 Å². The quantitative estimate of drug-likeness (QED) is 0.475. The van der Waals surface area contributed by atoms with Crippen molar-refractivity contribution < 1.29 is 9.53 Å². The molecule has 2 heterocycles. The maximum atomic E-state index is 12.6. The lowest BCUT2D eigenvalue weighted by molar-refractivity contribution is 0.0950. The van der Waals surface area contributed by atoms with Gasteiger partial charge in [0.15, 0.2) is 0 Å². The molecule has 1 N–H and O–H groups in total. The first-order chi connectivity index (χ1) is 14.7. The highest BCUT2D eigenvalue weighted by atomic mass is 32.1. The molecule has 30 heavy (non-hydrogen) atoms. The Morgan fingerprint density at radius 1 is 1.03 bits per heavy atom. The number of hydrogen-bond donors (Lipinski definition) is 1. The number of rotatable bonds is 6. The highest BCUT2D eigenvalue weighted by molar-refractivity contribution is 7.15. The smallest absolute Gasteiger partial charge is 0.251 e. The maximum absolute atomic E-state index is 12.6. The normalized spacial score (nSPS) is 10.6. The minimum absolute atomic E-state index is 0.0998. The van der Waals surface area contributed by atoms with Crippen LogP contribution in [0.5, 0.6) is 5.75 Å². The van der Waals surface area contributed by atoms with Gasteiger partial charge in [-0.15, -0.1) is 11.3 Å². The van der Waals surface area contributed by atoms with Gasteiger partial charge >= 0.3 is 0 Å². The van der Waals surface area contributed by atoms with Crippen LogP contribution in [0, 0.1) is 6.92 Å². The minimum Gasteiger partial charge on any atom is -0.497 e. The van der Waals surface area contributed by atoms with E-state index in [0.29, 0.717) is 12.1 Å². The summed E-state index contributed by atoms with van der Waals surface area (Å²) >= 11 is 1.56. The zero-order valence-corrected chi connectivity index (χ0v) is 17.6. The molecule has 6 heteroatoms. The number of carbonyl (C=O) groups excluding carboxylic acids is 1. The Labute approximate surface area is 179 Å². The number of aryl methyl sites for hydroxylation is 1. The molecule has 0 unspecified atom stereocenters. The number of pyridine rings is 1. The molecule has 0 saturated heterocycles. The predicted molar refractivity (Wildman–Crippen MR) is 120 cm³/mol. The number of benzene rings is 2. The van der Waals surface area contributed by atoms with Crippen LogP contribution in [0.15, 0.2) is 73.1 Å². The monoisotopic (exact) mass is 415 g/mol. The van der Waals surface area contributed by atoms with E-state index in [4.69, 9.17) is 9.72 Å². The van der Waals surface area contributed by atoms with Gasteiger partial charge < -0.3 is 10.1 Å². The molecule has 0 saturated carbocycles. The van der Waals surface area contributed by atoms with Gasteiger partial charge in [-0.25, -0.2) is 4.98 Å². The molecule has 0 aliphatic carbocycles. The van der Waals surface area contributed by atoms with Gasteiger partial charge in [-0.2, -0.15) is 0 Å². The second kappa shape index (κ2) is 8.88. The average molecular weight is 416 g/mol. The van der Waals surface area contributed by atoms with Gasteiger partial charge in [0, 0.05) is 29.1 Å². The number of hydrogen-bond acceptors (Lipinski definition) is 5. The molecule has 0 aliphatic rings. The molecule has 4 aromatic rings. The van der Waals surface area contributed by atoms with Crippen LogP contribution in [0.2, 0.25) is 0 Å². The van der Waals surface area contributed by atoms with Crippen LogP contribution < -0.4 is 10.1 Å². The topological polar surface area (TPSA) is 64.1 Å². The third kappa shape index (κ3) is 4.23. The minimum atomic E-state index is -0.0998. The second-order valence-corrected chi connectivity index (χ2v) is 7.84. The Morgan fingerprint density at radius 2 is 1.83 bits per heavy atom. The van der Waals surface area contributed by atoms with Crippen LogP contribution in [-0.2, 0) is 6.54 Å². The van der Waals surface area contributed by atoms with Gasteiger partial charge in [0.05, 0.1) is 24.2 Å². The van der Waals surface area contributed by atoms with Crippen molar-refractivity contribution >= 4 is 17.2 Å². The van der Waals surface area contributed by atoms with Crippen molar-refractivity contribution in [3.63, 3.8) is 0 Å². The number of methoxy groups -OCH3 is 1. The molecule has 0 fully saturated rings. The molecule has 1 amide bonds. The van der Waals surface area contributed by atoms with Gasteiger partial charge in [-0.1, -0.05) is 24.3 Å². The van der Waals surface area contributed by atoms with Crippen molar-refractivity contribution in [2.45, 2.75) is 13.5 Å². The molecule has 0 aliphatic heterocycles. The van der Waals surface area contributed by atoms with Crippen LogP contribution in [-0.4, -0.2) is 23.0 Å². The maximum Gasteiger partial charge on any atom is 0.251 e. The van der Waals surface area contributed by atoms with Crippen molar-refractivity contribution in [2.75, 3.05) is 7.11 Å². The molecule has 150 valence electrons. The Balaban J connectivity index is 1.63. The highest BCUT2D eigenvalue weighted by Crippen LogP contribution is 2.37. The molecular weight excluding hydrogens is 394 g/mol. The molecule has 4 rings (SSSR count). The number of ether oxygens (including phenoxy) is 1. The second-order valence-electron chi connectivity index (χ2n) is 6.75. The standard InChI is InChI=1S/C24H21N3O2S/c1-16-6-3-4-8-20(16)24(28)26-15-21-27-22(17-9-11-19(29-2)12-10-17)23(30-21)18-7-5-13-25-14-18/h3-14H,15H2,1-2H3,(H,26,28). The zero-order valence-electron chi connectivity index (χ0n) is 16.8. The summed E-state index contributed by atoms with van der Waals surface area (Å²) in [4.78, 5) is 22.7. The third-order valence-corrected chi connectivity index (χ3v) is 5.85. The van der Waals surface area contributed by atoms with E-state index in [1.807, 2.05) is 73.8 Å². The predicted octanol–water partition coefficient (Wildman–Crippen LogP) is 5.12. The fourth-order valence-electron chi connectivity index (χ4n) is 3.16. The Kier molecular flexibility index (Phi) is 5.86. The van der Waals surface area contributed by atoms with Gasteiger partial charge in [-0.3, -0.25) is 9.78 Å². The van der Waals surface area contributed by atoms with Crippen LogP contribution in [0.1, 0.15) is 20.9 Å². The number of amides is 1. The third-order valence-electron chi connectivity index (χ3n) is 4.75. The Morgan fingerprint density at radius 3 is 2.53 bits per heavy atom. The summed E-state index contributed by atoms with van der Waals surface area (Å²) in [6.45, 7) is 2.29. The summed E-state index contributed by atoms with van der Waals surface area (Å²) in [7, 11) is 1.65. The van der Waals surface area contributed by atoms with Gasteiger partial charge in [-0.05, 0) is 48.9 Å². The van der Waals surface area contributed by atoms with E-state index in [1.165, 1.54) is 0 Å². The fourth-order valence-corrected chi connectivity index (χ4v) is 4.17. The average Bonchev–Trinajstić information content (AvgIpc) is 3.23. The summed E-state index contributed by atoms with van der Waals surface area (Å²) in [5, 5.41) is 3.83. The summed E-state index contributed by atoms with van der Waals surface area (Å²) in [6.07, 6.45) is 3.58. The number of aromatic nitrogens is 2. The lowest BCUT2D eigenvalue weighted by Crippen LogP contribution is -2.23. The van der Waals surface area contributed by atoms with Gasteiger partial charge in [0.1, 0.15) is 10.8 Å². The molecule has 0 radical (unpaired) electrons.